The van der Waals surface area contributed by atoms with Gasteiger partial charge in [0.05, 0.1) is 11.6 Å². The Balaban J connectivity index is 1.72. The molecule has 4 nitrogen and oxygen atoms in total. The summed E-state index contributed by atoms with van der Waals surface area (Å²) in [5, 5.41) is 3.25. The molecule has 1 aliphatic carbocycles. The number of ether oxygens (including phenoxy) is 1. The molecule has 0 saturated heterocycles. The fourth-order valence-corrected chi connectivity index (χ4v) is 3.81. The van der Waals surface area contributed by atoms with Crippen LogP contribution in [0.2, 0.25) is 0 Å². The van der Waals surface area contributed by atoms with Crippen LogP contribution in [0.25, 0.3) is 10.9 Å². The minimum absolute atomic E-state index is 0.194. The third-order valence-corrected chi connectivity index (χ3v) is 5.00. The highest BCUT2D eigenvalue weighted by atomic mass is 19.2. The van der Waals surface area contributed by atoms with Crippen molar-refractivity contribution in [3.8, 4) is 0 Å². The number of nitrogens with one attached hydrogen (secondary N) is 1. The van der Waals surface area contributed by atoms with E-state index < -0.39 is 23.3 Å². The van der Waals surface area contributed by atoms with Crippen molar-refractivity contribution >= 4 is 17.0 Å². The summed E-state index contributed by atoms with van der Waals surface area (Å²) < 4.78 is 35.3. The first kappa shape index (κ1) is 15.4. The van der Waals surface area contributed by atoms with Crippen molar-refractivity contribution < 1.29 is 18.3 Å². The van der Waals surface area contributed by atoms with Gasteiger partial charge in [0.2, 0.25) is 0 Å². The Bertz CT molecular complexity index is 847. The van der Waals surface area contributed by atoms with Crippen LogP contribution in [0, 0.1) is 11.6 Å². The Hall–Kier alpha value is -2.11. The van der Waals surface area contributed by atoms with Crippen molar-refractivity contribution in [3.05, 3.63) is 35.5 Å². The third kappa shape index (κ3) is 2.19. The number of nitrogens with zero attached hydrogens (tertiary/aromatic N) is 1. The lowest BCUT2D eigenvalue weighted by atomic mass is 9.84. The molecule has 0 bridgehead atoms. The van der Waals surface area contributed by atoms with E-state index >= 15 is 0 Å². The van der Waals surface area contributed by atoms with Gasteiger partial charge in [-0.2, -0.15) is 0 Å². The number of amides is 1. The molecule has 1 aliphatic heterocycles. The summed E-state index contributed by atoms with van der Waals surface area (Å²) in [6.45, 7) is 5.96. The number of halogens is 2. The predicted molar refractivity (Wildman–Crippen MR) is 85.9 cm³/mol. The minimum atomic E-state index is -0.834. The Morgan fingerprint density at radius 3 is 2.71 bits per heavy atom. The molecule has 1 saturated carbocycles. The third-order valence-electron chi connectivity index (χ3n) is 5.00. The Morgan fingerprint density at radius 1 is 1.38 bits per heavy atom. The fourth-order valence-electron chi connectivity index (χ4n) is 3.81. The van der Waals surface area contributed by atoms with Gasteiger partial charge >= 0.3 is 6.09 Å². The first-order chi connectivity index (χ1) is 11.2. The van der Waals surface area contributed by atoms with Gasteiger partial charge in [-0.1, -0.05) is 0 Å². The van der Waals surface area contributed by atoms with Crippen LogP contribution in [0.5, 0.6) is 0 Å². The van der Waals surface area contributed by atoms with Gasteiger partial charge < -0.3 is 14.6 Å². The highest BCUT2D eigenvalue weighted by Crippen LogP contribution is 2.55. The van der Waals surface area contributed by atoms with E-state index in [0.29, 0.717) is 11.9 Å². The number of alkyl carbamates (subject to hydrolysis) is 1. The molecule has 4 rings (SSSR count). The van der Waals surface area contributed by atoms with E-state index in [2.05, 4.69) is 5.32 Å². The number of aromatic nitrogens is 1. The van der Waals surface area contributed by atoms with Gasteiger partial charge in [-0.25, -0.2) is 13.6 Å². The molecule has 0 radical (unpaired) electrons. The second-order valence-electron chi connectivity index (χ2n) is 7.81. The maximum absolute atomic E-state index is 14.0. The minimum Gasteiger partial charge on any atom is -0.444 e. The number of benzene rings is 1. The SMILES string of the molecule is CC(C)(C)OC(=O)N[C@@H]1Cn2ccc3c(F)c(F)cc(c32)C12CC2. The fraction of sp³-hybridized carbons (Fsp3) is 0.500. The van der Waals surface area contributed by atoms with Crippen LogP contribution < -0.4 is 5.32 Å². The van der Waals surface area contributed by atoms with Crippen LogP contribution in [0.1, 0.15) is 39.2 Å². The number of hydrogen-bond donors (Lipinski definition) is 1. The smallest absolute Gasteiger partial charge is 0.407 e. The Kier molecular flexibility index (Phi) is 3.03. The quantitative estimate of drug-likeness (QED) is 0.861. The average molecular weight is 334 g/mol. The molecule has 1 fully saturated rings. The molecule has 2 aromatic rings. The lowest BCUT2D eigenvalue weighted by Crippen LogP contribution is -2.49. The van der Waals surface area contributed by atoms with E-state index in [1.807, 2.05) is 25.3 Å². The summed E-state index contributed by atoms with van der Waals surface area (Å²) in [4.78, 5) is 12.2. The van der Waals surface area contributed by atoms with E-state index in [0.717, 1.165) is 23.9 Å². The van der Waals surface area contributed by atoms with Gasteiger partial charge in [-0.3, -0.25) is 0 Å². The molecular weight excluding hydrogens is 314 g/mol. The molecule has 2 heterocycles. The lowest BCUT2D eigenvalue weighted by Gasteiger charge is -2.35. The zero-order chi connectivity index (χ0) is 17.3. The van der Waals surface area contributed by atoms with E-state index in [-0.39, 0.29) is 11.5 Å². The lowest BCUT2D eigenvalue weighted by molar-refractivity contribution is 0.0484. The number of rotatable bonds is 1. The molecule has 6 heteroatoms. The van der Waals surface area contributed by atoms with E-state index in [1.165, 1.54) is 6.07 Å². The van der Waals surface area contributed by atoms with Crippen LogP contribution in [-0.4, -0.2) is 22.3 Å². The van der Waals surface area contributed by atoms with Crippen molar-refractivity contribution in [2.24, 2.45) is 0 Å². The first-order valence-electron chi connectivity index (χ1n) is 8.18. The predicted octanol–water partition coefficient (Wildman–Crippen LogP) is 3.86. The molecule has 1 amide bonds. The van der Waals surface area contributed by atoms with Gasteiger partial charge in [0.15, 0.2) is 11.6 Å². The van der Waals surface area contributed by atoms with E-state index in [4.69, 9.17) is 4.74 Å². The molecule has 1 N–H and O–H groups in total. The second kappa shape index (κ2) is 4.71. The summed E-state index contributed by atoms with van der Waals surface area (Å²) in [6.07, 6.45) is 2.96. The van der Waals surface area contributed by atoms with Crippen LogP contribution in [0.3, 0.4) is 0 Å². The summed E-state index contributed by atoms with van der Waals surface area (Å²) in [5.41, 5.74) is 0.629. The highest BCUT2D eigenvalue weighted by molar-refractivity contribution is 5.87. The van der Waals surface area contributed by atoms with Crippen LogP contribution in [0.4, 0.5) is 13.6 Å². The molecule has 24 heavy (non-hydrogen) atoms. The number of carbonyl (C=O) groups excluding carboxylic acids is 1. The standard InChI is InChI=1S/C18H20F2N2O2/c1-17(2,3)24-16(23)21-13-9-22-7-4-10-14(20)12(19)8-11(15(10)22)18(13)5-6-18/h4,7-8,13H,5-6,9H2,1-3H3,(H,21,23)/t13-/m1/s1. The molecule has 1 aromatic heterocycles. The number of carbonyl (C=O) groups is 1. The summed E-state index contributed by atoms with van der Waals surface area (Å²) in [6, 6.07) is 2.70. The average Bonchev–Trinajstić information content (AvgIpc) is 3.14. The van der Waals surface area contributed by atoms with E-state index in [1.54, 1.807) is 12.3 Å². The zero-order valence-electron chi connectivity index (χ0n) is 14.0. The normalized spacial score (nSPS) is 21.1. The van der Waals surface area contributed by atoms with Gasteiger partial charge in [0.1, 0.15) is 5.60 Å². The van der Waals surface area contributed by atoms with Gasteiger partial charge in [-0.05, 0) is 51.3 Å². The van der Waals surface area contributed by atoms with Crippen molar-refractivity contribution in [3.63, 3.8) is 0 Å². The van der Waals surface area contributed by atoms with Crippen molar-refractivity contribution in [1.82, 2.24) is 9.88 Å². The van der Waals surface area contributed by atoms with Crippen LogP contribution in [0.15, 0.2) is 18.3 Å². The zero-order valence-corrected chi connectivity index (χ0v) is 14.0. The molecule has 2 aliphatic rings. The van der Waals surface area contributed by atoms with Gasteiger partial charge in [-0.15, -0.1) is 0 Å². The largest absolute Gasteiger partial charge is 0.444 e. The Labute approximate surface area is 138 Å². The molecular formula is C18H20F2N2O2. The van der Waals surface area contributed by atoms with Crippen molar-refractivity contribution in [2.75, 3.05) is 0 Å². The maximum atomic E-state index is 14.0. The van der Waals surface area contributed by atoms with Gasteiger partial charge in [0.25, 0.3) is 0 Å². The molecule has 128 valence electrons. The monoisotopic (exact) mass is 334 g/mol. The van der Waals surface area contributed by atoms with Crippen LogP contribution >= 0.6 is 0 Å². The number of fused-ring (bicyclic) bond motifs is 1. The summed E-state index contributed by atoms with van der Waals surface area (Å²) in [5.74, 6) is -1.64. The topological polar surface area (TPSA) is 43.3 Å². The Morgan fingerprint density at radius 2 is 2.08 bits per heavy atom. The van der Waals surface area contributed by atoms with Crippen LogP contribution in [-0.2, 0) is 16.7 Å². The highest BCUT2D eigenvalue weighted by Gasteiger charge is 2.55. The number of hydrogen-bond acceptors (Lipinski definition) is 2. The second-order valence-corrected chi connectivity index (χ2v) is 7.81. The molecule has 1 aromatic carbocycles. The molecule has 1 spiro atoms. The van der Waals surface area contributed by atoms with E-state index in [9.17, 15) is 13.6 Å². The summed E-state index contributed by atoms with van der Waals surface area (Å²) >= 11 is 0. The van der Waals surface area contributed by atoms with Crippen molar-refractivity contribution in [2.45, 2.75) is 57.2 Å². The molecule has 0 unspecified atom stereocenters. The first-order valence-corrected chi connectivity index (χ1v) is 8.18. The molecule has 1 atom stereocenters. The summed E-state index contributed by atoms with van der Waals surface area (Å²) in [7, 11) is 0. The van der Waals surface area contributed by atoms with Gasteiger partial charge in [0, 0.05) is 23.5 Å². The van der Waals surface area contributed by atoms with Crippen molar-refractivity contribution in [1.29, 1.82) is 0 Å². The maximum Gasteiger partial charge on any atom is 0.407 e.